The minimum atomic E-state index is -0.466. The first-order chi connectivity index (χ1) is 8.16. The van der Waals surface area contributed by atoms with Crippen LogP contribution in [0.1, 0.15) is 39.0 Å². The molecule has 4 heteroatoms. The van der Waals surface area contributed by atoms with Crippen LogP contribution in [0.4, 0.5) is 0 Å². The average molecular weight is 243 g/mol. The summed E-state index contributed by atoms with van der Waals surface area (Å²) < 4.78 is 11.1. The van der Waals surface area contributed by atoms with E-state index >= 15 is 0 Å². The van der Waals surface area contributed by atoms with E-state index in [1.807, 2.05) is 6.92 Å². The lowest BCUT2D eigenvalue weighted by Crippen LogP contribution is -2.33. The zero-order chi connectivity index (χ0) is 12.1. The summed E-state index contributed by atoms with van der Waals surface area (Å²) in [6.45, 7) is 6.70. The van der Waals surface area contributed by atoms with Crippen molar-refractivity contribution in [2.24, 2.45) is 0 Å². The van der Waals surface area contributed by atoms with Crippen molar-refractivity contribution in [2.45, 2.75) is 50.9 Å². The zero-order valence-electron chi connectivity index (χ0n) is 10.9. The largest absolute Gasteiger partial charge is 0.390 e. The summed E-state index contributed by atoms with van der Waals surface area (Å²) in [5.41, 5.74) is -0.466. The fraction of sp³-hybridized carbons (Fsp3) is 1.00. The molecule has 100 valence electrons. The molecule has 1 unspecified atom stereocenters. The second kappa shape index (κ2) is 6.14. The molecule has 0 amide bonds. The van der Waals surface area contributed by atoms with Crippen LogP contribution in [0.15, 0.2) is 0 Å². The van der Waals surface area contributed by atoms with E-state index in [1.165, 1.54) is 0 Å². The summed E-state index contributed by atoms with van der Waals surface area (Å²) in [4.78, 5) is 2.42. The number of likely N-dealkylation sites (tertiary alicyclic amines) is 1. The lowest BCUT2D eigenvalue weighted by atomic mass is 9.98. The van der Waals surface area contributed by atoms with E-state index in [4.69, 9.17) is 9.47 Å². The number of aliphatic hydroxyl groups is 1. The molecule has 1 N–H and O–H groups in total. The van der Waals surface area contributed by atoms with E-state index < -0.39 is 5.60 Å². The maximum absolute atomic E-state index is 10.0. The van der Waals surface area contributed by atoms with Crippen LogP contribution < -0.4 is 0 Å². The Hall–Kier alpha value is -0.160. The van der Waals surface area contributed by atoms with Crippen molar-refractivity contribution < 1.29 is 14.6 Å². The van der Waals surface area contributed by atoms with Crippen LogP contribution in [0.3, 0.4) is 0 Å². The summed E-state index contributed by atoms with van der Waals surface area (Å²) in [6, 6.07) is 0. The van der Waals surface area contributed by atoms with Gasteiger partial charge < -0.3 is 19.5 Å². The minimum Gasteiger partial charge on any atom is -0.390 e. The Morgan fingerprint density at radius 1 is 1.18 bits per heavy atom. The highest BCUT2D eigenvalue weighted by Gasteiger charge is 2.25. The normalized spacial score (nSPS) is 33.5. The highest BCUT2D eigenvalue weighted by atomic mass is 16.7. The van der Waals surface area contributed by atoms with E-state index in [0.29, 0.717) is 0 Å². The zero-order valence-corrected chi connectivity index (χ0v) is 10.9. The van der Waals surface area contributed by atoms with Crippen LogP contribution in [0, 0.1) is 0 Å². The van der Waals surface area contributed by atoms with Gasteiger partial charge in [-0.3, -0.25) is 0 Å². The van der Waals surface area contributed by atoms with Crippen LogP contribution in [0.25, 0.3) is 0 Å². The smallest absolute Gasteiger partial charge is 0.158 e. The second-order valence-corrected chi connectivity index (χ2v) is 5.51. The fourth-order valence-corrected chi connectivity index (χ4v) is 2.53. The number of hydrogen-bond acceptors (Lipinski definition) is 4. The molecular formula is C13H25NO3. The maximum Gasteiger partial charge on any atom is 0.158 e. The van der Waals surface area contributed by atoms with Crippen molar-refractivity contribution in [3.8, 4) is 0 Å². The predicted molar refractivity (Wildman–Crippen MR) is 65.8 cm³/mol. The maximum atomic E-state index is 10.0. The Bertz CT molecular complexity index is 227. The number of hydrogen-bond donors (Lipinski definition) is 1. The highest BCUT2D eigenvalue weighted by molar-refractivity contribution is 4.79. The lowest BCUT2D eigenvalue weighted by molar-refractivity contribution is -0.182. The minimum absolute atomic E-state index is 0.00693. The molecule has 0 aromatic rings. The van der Waals surface area contributed by atoms with Crippen molar-refractivity contribution in [1.29, 1.82) is 0 Å². The van der Waals surface area contributed by atoms with Gasteiger partial charge in [0.15, 0.2) is 6.29 Å². The Labute approximate surface area is 104 Å². The molecule has 0 radical (unpaired) electrons. The number of rotatable bonds is 3. The standard InChI is InChI=1S/C13H25NO3/c1-13(15)5-2-7-14(9-6-13)8-4-12-16-10-3-11-17-12/h12,15H,2-11H2,1H3. The molecule has 0 aliphatic carbocycles. The van der Waals surface area contributed by atoms with E-state index in [2.05, 4.69) is 4.90 Å². The highest BCUT2D eigenvalue weighted by Crippen LogP contribution is 2.21. The van der Waals surface area contributed by atoms with E-state index in [-0.39, 0.29) is 6.29 Å². The van der Waals surface area contributed by atoms with Gasteiger partial charge in [0.1, 0.15) is 0 Å². The monoisotopic (exact) mass is 243 g/mol. The molecule has 1 atom stereocenters. The van der Waals surface area contributed by atoms with Crippen molar-refractivity contribution in [2.75, 3.05) is 32.8 Å². The van der Waals surface area contributed by atoms with E-state index in [1.54, 1.807) is 0 Å². The number of nitrogens with zero attached hydrogens (tertiary/aromatic N) is 1. The van der Waals surface area contributed by atoms with Gasteiger partial charge in [0.2, 0.25) is 0 Å². The van der Waals surface area contributed by atoms with Crippen molar-refractivity contribution in [3.63, 3.8) is 0 Å². The molecule has 17 heavy (non-hydrogen) atoms. The third-order valence-corrected chi connectivity index (χ3v) is 3.73. The van der Waals surface area contributed by atoms with Gasteiger partial charge in [-0.25, -0.2) is 0 Å². The molecule has 4 nitrogen and oxygen atoms in total. The molecule has 0 bridgehead atoms. The Morgan fingerprint density at radius 2 is 1.94 bits per heavy atom. The van der Waals surface area contributed by atoms with E-state index in [0.717, 1.165) is 65.0 Å². The third-order valence-electron chi connectivity index (χ3n) is 3.73. The van der Waals surface area contributed by atoms with E-state index in [9.17, 15) is 5.11 Å². The van der Waals surface area contributed by atoms with Crippen LogP contribution >= 0.6 is 0 Å². The van der Waals surface area contributed by atoms with Crippen LogP contribution in [-0.4, -0.2) is 54.7 Å². The van der Waals surface area contributed by atoms with Gasteiger partial charge in [0, 0.05) is 19.5 Å². The molecule has 2 fully saturated rings. The van der Waals surface area contributed by atoms with Gasteiger partial charge in [0.05, 0.1) is 18.8 Å². The van der Waals surface area contributed by atoms with Crippen LogP contribution in [0.5, 0.6) is 0 Å². The topological polar surface area (TPSA) is 41.9 Å². The molecule has 2 heterocycles. The molecule has 0 spiro atoms. The quantitative estimate of drug-likeness (QED) is 0.813. The molecule has 0 aromatic carbocycles. The summed E-state index contributed by atoms with van der Waals surface area (Å²) in [5, 5.41) is 10.0. The summed E-state index contributed by atoms with van der Waals surface area (Å²) in [5.74, 6) is 0. The van der Waals surface area contributed by atoms with Gasteiger partial charge in [0.25, 0.3) is 0 Å². The molecule has 0 aromatic heterocycles. The molecule has 2 aliphatic heterocycles. The predicted octanol–water partition coefficient (Wildman–Crippen LogP) is 1.38. The Kier molecular flexibility index (Phi) is 4.79. The van der Waals surface area contributed by atoms with Crippen molar-refractivity contribution in [1.82, 2.24) is 4.90 Å². The first kappa shape index (κ1) is 13.3. The number of ether oxygens (including phenoxy) is 2. The van der Waals surface area contributed by atoms with Gasteiger partial charge in [-0.05, 0) is 39.2 Å². The molecule has 2 rings (SSSR count). The average Bonchev–Trinajstić information content (AvgIpc) is 2.49. The summed E-state index contributed by atoms with van der Waals surface area (Å²) >= 11 is 0. The molecule has 0 saturated carbocycles. The summed E-state index contributed by atoms with van der Waals surface area (Å²) in [7, 11) is 0. The summed E-state index contributed by atoms with van der Waals surface area (Å²) in [6.07, 6.45) is 4.83. The van der Waals surface area contributed by atoms with Crippen LogP contribution in [0.2, 0.25) is 0 Å². The van der Waals surface area contributed by atoms with Gasteiger partial charge in [-0.1, -0.05) is 0 Å². The van der Waals surface area contributed by atoms with Gasteiger partial charge in [-0.2, -0.15) is 0 Å². The SMILES string of the molecule is CC1(O)CCCN(CCC2OCCCO2)CC1. The molecular weight excluding hydrogens is 218 g/mol. The first-order valence-corrected chi connectivity index (χ1v) is 6.84. The first-order valence-electron chi connectivity index (χ1n) is 6.84. The molecule has 2 aliphatic rings. The van der Waals surface area contributed by atoms with Crippen molar-refractivity contribution >= 4 is 0 Å². The Morgan fingerprint density at radius 3 is 2.71 bits per heavy atom. The van der Waals surface area contributed by atoms with Gasteiger partial charge >= 0.3 is 0 Å². The fourth-order valence-electron chi connectivity index (χ4n) is 2.53. The molecule has 2 saturated heterocycles. The van der Waals surface area contributed by atoms with Crippen molar-refractivity contribution in [3.05, 3.63) is 0 Å². The lowest BCUT2D eigenvalue weighted by Gasteiger charge is -2.27. The second-order valence-electron chi connectivity index (χ2n) is 5.51. The third kappa shape index (κ3) is 4.54. The Balaban J connectivity index is 1.68. The van der Waals surface area contributed by atoms with Crippen LogP contribution in [-0.2, 0) is 9.47 Å². The van der Waals surface area contributed by atoms with Gasteiger partial charge in [-0.15, -0.1) is 0 Å².